The number of anilines is 1. The number of hydrogen-bond acceptors (Lipinski definition) is 5. The zero-order valence-electron chi connectivity index (χ0n) is 13.6. The fourth-order valence-corrected chi connectivity index (χ4v) is 2.69. The molecule has 7 nitrogen and oxygen atoms in total. The van der Waals surface area contributed by atoms with Crippen molar-refractivity contribution in [2.75, 3.05) is 32.1 Å². The van der Waals surface area contributed by atoms with Gasteiger partial charge in [-0.1, -0.05) is 17.7 Å². The van der Waals surface area contributed by atoms with Crippen molar-refractivity contribution >= 4 is 35.1 Å². The van der Waals surface area contributed by atoms with Gasteiger partial charge in [0.2, 0.25) is 11.8 Å². The van der Waals surface area contributed by atoms with Crippen LogP contribution in [0.4, 0.5) is 5.69 Å². The number of ether oxygens (including phenoxy) is 1. The normalized spacial score (nSPS) is 18.0. The number of carbonyl (C=O) groups excluding carboxylic acids is 3. The van der Waals surface area contributed by atoms with Crippen molar-refractivity contribution in [3.05, 3.63) is 28.8 Å². The number of halogens is 1. The Labute approximate surface area is 145 Å². The van der Waals surface area contributed by atoms with E-state index in [2.05, 4.69) is 15.4 Å². The first kappa shape index (κ1) is 18.2. The van der Waals surface area contributed by atoms with E-state index in [1.54, 1.807) is 17.0 Å². The first-order valence-corrected chi connectivity index (χ1v) is 7.93. The third kappa shape index (κ3) is 4.69. The summed E-state index contributed by atoms with van der Waals surface area (Å²) in [5, 5.41) is 6.01. The lowest BCUT2D eigenvalue weighted by molar-refractivity contribution is -0.146. The molecular weight excluding hydrogens is 334 g/mol. The Kier molecular flexibility index (Phi) is 6.16. The first-order valence-electron chi connectivity index (χ1n) is 7.55. The van der Waals surface area contributed by atoms with Crippen LogP contribution in [0.15, 0.2) is 18.2 Å². The maximum Gasteiger partial charge on any atom is 0.307 e. The zero-order chi connectivity index (χ0) is 17.7. The summed E-state index contributed by atoms with van der Waals surface area (Å²) in [6, 6.07) is 4.52. The molecule has 0 unspecified atom stereocenters. The molecule has 1 aromatic rings. The number of nitrogens with one attached hydrogen (secondary N) is 2. The molecule has 0 spiro atoms. The highest BCUT2D eigenvalue weighted by atomic mass is 35.5. The average Bonchev–Trinajstić information content (AvgIpc) is 2.54. The number of hydrogen-bond donors (Lipinski definition) is 2. The number of carbonyl (C=O) groups is 3. The summed E-state index contributed by atoms with van der Waals surface area (Å²) >= 11 is 5.94. The summed E-state index contributed by atoms with van der Waals surface area (Å²) < 4.78 is 4.62. The Balaban J connectivity index is 2.03. The van der Waals surface area contributed by atoms with Crippen LogP contribution >= 0.6 is 11.6 Å². The summed E-state index contributed by atoms with van der Waals surface area (Å²) in [7, 11) is 1.27. The number of piperazine rings is 1. The van der Waals surface area contributed by atoms with Gasteiger partial charge in [0.25, 0.3) is 0 Å². The Morgan fingerprint density at radius 2 is 2.21 bits per heavy atom. The third-order valence-electron chi connectivity index (χ3n) is 3.85. The van der Waals surface area contributed by atoms with Gasteiger partial charge in [0.1, 0.15) is 6.04 Å². The Morgan fingerprint density at radius 3 is 2.92 bits per heavy atom. The van der Waals surface area contributed by atoms with E-state index in [1.807, 2.05) is 13.0 Å². The van der Waals surface area contributed by atoms with E-state index in [0.717, 1.165) is 5.56 Å². The molecule has 0 aliphatic carbocycles. The quantitative estimate of drug-likeness (QED) is 0.769. The number of aryl methyl sites for hydroxylation is 1. The standard InChI is InChI=1S/C16H20ClN3O4/c1-10-3-4-11(17)7-12(10)19-14(21)9-20-6-5-18-16(23)13(20)8-15(22)24-2/h3-4,7,13H,5-6,8-9H2,1-2H3,(H,18,23)(H,19,21)/t13-/m1/s1. The fraction of sp³-hybridized carbons (Fsp3) is 0.438. The van der Waals surface area contributed by atoms with Gasteiger partial charge in [0.15, 0.2) is 0 Å². The molecule has 1 saturated heterocycles. The third-order valence-corrected chi connectivity index (χ3v) is 4.08. The van der Waals surface area contributed by atoms with Crippen molar-refractivity contribution in [2.45, 2.75) is 19.4 Å². The molecule has 1 aliphatic rings. The van der Waals surface area contributed by atoms with E-state index in [9.17, 15) is 14.4 Å². The van der Waals surface area contributed by atoms with Crippen molar-refractivity contribution in [3.8, 4) is 0 Å². The maximum atomic E-state index is 12.3. The minimum atomic E-state index is -0.711. The van der Waals surface area contributed by atoms with E-state index in [0.29, 0.717) is 23.8 Å². The number of methoxy groups -OCH3 is 1. The second-order valence-electron chi connectivity index (χ2n) is 5.56. The first-order chi connectivity index (χ1) is 11.4. The predicted molar refractivity (Wildman–Crippen MR) is 89.8 cm³/mol. The van der Waals surface area contributed by atoms with Gasteiger partial charge in [0, 0.05) is 23.8 Å². The SMILES string of the molecule is COC(=O)C[C@@H]1C(=O)NCCN1CC(=O)Nc1cc(Cl)ccc1C. The summed E-state index contributed by atoms with van der Waals surface area (Å²) in [4.78, 5) is 37.5. The van der Waals surface area contributed by atoms with E-state index in [1.165, 1.54) is 7.11 Å². The lowest BCUT2D eigenvalue weighted by atomic mass is 10.1. The molecule has 0 radical (unpaired) electrons. The molecular formula is C16H20ClN3O4. The van der Waals surface area contributed by atoms with Crippen LogP contribution in [0.3, 0.4) is 0 Å². The van der Waals surface area contributed by atoms with Crippen molar-refractivity contribution in [2.24, 2.45) is 0 Å². The summed E-state index contributed by atoms with van der Waals surface area (Å²) in [6.45, 7) is 2.77. The van der Waals surface area contributed by atoms with Gasteiger partial charge in [0.05, 0.1) is 20.1 Å². The minimum absolute atomic E-state index is 0.00103. The molecule has 1 heterocycles. The van der Waals surface area contributed by atoms with Gasteiger partial charge in [-0.05, 0) is 24.6 Å². The molecule has 1 fully saturated rings. The molecule has 24 heavy (non-hydrogen) atoms. The van der Waals surface area contributed by atoms with Gasteiger partial charge in [-0.15, -0.1) is 0 Å². The largest absolute Gasteiger partial charge is 0.469 e. The molecule has 0 bridgehead atoms. The highest BCUT2D eigenvalue weighted by Crippen LogP contribution is 2.20. The second-order valence-corrected chi connectivity index (χ2v) is 6.00. The Hall–Kier alpha value is -2.12. The molecule has 2 N–H and O–H groups in total. The van der Waals surface area contributed by atoms with E-state index in [-0.39, 0.29) is 24.8 Å². The summed E-state index contributed by atoms with van der Waals surface area (Å²) in [6.07, 6.45) is -0.0915. The highest BCUT2D eigenvalue weighted by Gasteiger charge is 2.33. The van der Waals surface area contributed by atoms with Crippen molar-refractivity contribution < 1.29 is 19.1 Å². The number of benzene rings is 1. The van der Waals surface area contributed by atoms with E-state index >= 15 is 0 Å². The average molecular weight is 354 g/mol. The van der Waals surface area contributed by atoms with Crippen molar-refractivity contribution in [1.82, 2.24) is 10.2 Å². The predicted octanol–water partition coefficient (Wildman–Crippen LogP) is 0.950. The zero-order valence-corrected chi connectivity index (χ0v) is 14.4. The van der Waals surface area contributed by atoms with Crippen LogP contribution in [0.25, 0.3) is 0 Å². The summed E-state index contributed by atoms with van der Waals surface area (Å²) in [5.41, 5.74) is 1.51. The van der Waals surface area contributed by atoms with Crippen LogP contribution in [0, 0.1) is 6.92 Å². The topological polar surface area (TPSA) is 87.7 Å². The molecule has 8 heteroatoms. The molecule has 1 aliphatic heterocycles. The van der Waals surface area contributed by atoms with Gasteiger partial charge in [-0.25, -0.2) is 0 Å². The van der Waals surface area contributed by atoms with Crippen LogP contribution in [-0.2, 0) is 19.1 Å². The monoisotopic (exact) mass is 353 g/mol. The molecule has 2 amide bonds. The number of nitrogens with zero attached hydrogens (tertiary/aromatic N) is 1. The van der Waals surface area contributed by atoms with Gasteiger partial charge in [-0.3, -0.25) is 19.3 Å². The number of esters is 1. The minimum Gasteiger partial charge on any atom is -0.469 e. The van der Waals surface area contributed by atoms with Crippen LogP contribution in [0.5, 0.6) is 0 Å². The maximum absolute atomic E-state index is 12.3. The second kappa shape index (κ2) is 8.12. The van der Waals surface area contributed by atoms with Gasteiger partial charge < -0.3 is 15.4 Å². The number of rotatable bonds is 5. The van der Waals surface area contributed by atoms with E-state index < -0.39 is 12.0 Å². The Morgan fingerprint density at radius 1 is 1.46 bits per heavy atom. The van der Waals surface area contributed by atoms with Crippen LogP contribution < -0.4 is 10.6 Å². The molecule has 0 aromatic heterocycles. The van der Waals surface area contributed by atoms with Crippen LogP contribution in [-0.4, -0.2) is 55.5 Å². The van der Waals surface area contributed by atoms with E-state index in [4.69, 9.17) is 11.6 Å². The summed E-state index contributed by atoms with van der Waals surface area (Å²) in [5.74, 6) is -1.04. The van der Waals surface area contributed by atoms with Crippen LogP contribution in [0.1, 0.15) is 12.0 Å². The highest BCUT2D eigenvalue weighted by molar-refractivity contribution is 6.31. The lowest BCUT2D eigenvalue weighted by Gasteiger charge is -2.33. The molecule has 0 saturated carbocycles. The lowest BCUT2D eigenvalue weighted by Crippen LogP contribution is -2.57. The van der Waals surface area contributed by atoms with Gasteiger partial charge in [-0.2, -0.15) is 0 Å². The van der Waals surface area contributed by atoms with Gasteiger partial charge >= 0.3 is 5.97 Å². The molecule has 2 rings (SSSR count). The molecule has 1 aromatic carbocycles. The number of amides is 2. The van der Waals surface area contributed by atoms with Crippen molar-refractivity contribution in [3.63, 3.8) is 0 Å². The molecule has 1 atom stereocenters. The smallest absolute Gasteiger partial charge is 0.307 e. The van der Waals surface area contributed by atoms with Crippen molar-refractivity contribution in [1.29, 1.82) is 0 Å². The van der Waals surface area contributed by atoms with Crippen LogP contribution in [0.2, 0.25) is 5.02 Å². The molecule has 130 valence electrons. The fourth-order valence-electron chi connectivity index (χ4n) is 2.52. The Bertz CT molecular complexity index is 650.